The number of anilines is 2. The average Bonchev–Trinajstić information content (AvgIpc) is 2.50. The maximum atomic E-state index is 6.03. The van der Waals surface area contributed by atoms with E-state index in [9.17, 15) is 0 Å². The van der Waals surface area contributed by atoms with Gasteiger partial charge in [-0.1, -0.05) is 28.1 Å². The number of fused-ring (bicyclic) bond motifs is 1. The number of aromatic nitrogens is 1. The fourth-order valence-corrected chi connectivity index (χ4v) is 2.74. The van der Waals surface area contributed by atoms with Gasteiger partial charge in [0.05, 0.1) is 0 Å². The lowest BCUT2D eigenvalue weighted by atomic mass is 10.1. The Balaban J connectivity index is 1.96. The van der Waals surface area contributed by atoms with Crippen molar-refractivity contribution in [1.82, 2.24) is 4.98 Å². The summed E-state index contributed by atoms with van der Waals surface area (Å²) in [5.41, 5.74) is 9.21. The number of nitrogen functional groups attached to an aromatic ring is 1. The minimum atomic E-state index is 0.763. The highest BCUT2D eigenvalue weighted by Crippen LogP contribution is 2.30. The minimum absolute atomic E-state index is 0.763. The molecule has 0 aliphatic rings. The van der Waals surface area contributed by atoms with E-state index >= 15 is 0 Å². The first kappa shape index (κ1) is 13.9. The van der Waals surface area contributed by atoms with Gasteiger partial charge in [-0.05, 0) is 35.9 Å². The van der Waals surface area contributed by atoms with Gasteiger partial charge in [0, 0.05) is 52.6 Å². The van der Waals surface area contributed by atoms with Gasteiger partial charge in [-0.2, -0.15) is 0 Å². The van der Waals surface area contributed by atoms with Crippen LogP contribution < -0.4 is 10.6 Å². The normalized spacial score (nSPS) is 10.8. The predicted octanol–water partition coefficient (Wildman–Crippen LogP) is 4.22. The molecule has 0 bridgehead atoms. The van der Waals surface area contributed by atoms with E-state index in [4.69, 9.17) is 5.73 Å². The highest BCUT2D eigenvalue weighted by Gasteiger charge is 2.08. The molecule has 0 saturated carbocycles. The van der Waals surface area contributed by atoms with E-state index in [2.05, 4.69) is 63.2 Å². The lowest BCUT2D eigenvalue weighted by Crippen LogP contribution is -2.16. The van der Waals surface area contributed by atoms with Crippen molar-refractivity contribution in [3.8, 4) is 0 Å². The Morgan fingerprint density at radius 1 is 1.05 bits per heavy atom. The minimum Gasteiger partial charge on any atom is -0.398 e. The summed E-state index contributed by atoms with van der Waals surface area (Å²) in [6.07, 6.45) is 3.63. The maximum absolute atomic E-state index is 6.03. The molecule has 0 aliphatic carbocycles. The highest BCUT2D eigenvalue weighted by molar-refractivity contribution is 9.10. The zero-order valence-corrected chi connectivity index (χ0v) is 13.3. The Morgan fingerprint density at radius 3 is 2.57 bits per heavy atom. The zero-order chi connectivity index (χ0) is 14.8. The van der Waals surface area contributed by atoms with Gasteiger partial charge in [-0.3, -0.25) is 4.98 Å². The molecule has 21 heavy (non-hydrogen) atoms. The van der Waals surface area contributed by atoms with Gasteiger partial charge in [0.2, 0.25) is 0 Å². The number of rotatable bonds is 3. The van der Waals surface area contributed by atoms with Crippen molar-refractivity contribution in [1.29, 1.82) is 0 Å². The van der Waals surface area contributed by atoms with Crippen molar-refractivity contribution in [3.05, 3.63) is 64.9 Å². The number of halogens is 1. The Morgan fingerprint density at radius 2 is 1.81 bits per heavy atom. The Hall–Kier alpha value is -2.07. The van der Waals surface area contributed by atoms with Crippen LogP contribution in [0.2, 0.25) is 0 Å². The molecule has 0 spiro atoms. The molecule has 0 unspecified atom stereocenters. The number of hydrogen-bond acceptors (Lipinski definition) is 3. The number of hydrogen-bond donors (Lipinski definition) is 1. The standard InChI is InChI=1S/C17H16BrN3/c1-21(11-12-2-4-13(18)5-3-12)17-7-6-16(19)15-10-20-9-8-14(15)17/h2-10H,11,19H2,1H3. The van der Waals surface area contributed by atoms with Gasteiger partial charge in [0.15, 0.2) is 0 Å². The van der Waals surface area contributed by atoms with E-state index < -0.39 is 0 Å². The lowest BCUT2D eigenvalue weighted by molar-refractivity contribution is 0.928. The molecule has 2 N–H and O–H groups in total. The monoisotopic (exact) mass is 341 g/mol. The number of pyridine rings is 1. The molecule has 0 amide bonds. The van der Waals surface area contributed by atoms with Crippen molar-refractivity contribution in [3.63, 3.8) is 0 Å². The molecule has 3 rings (SSSR count). The van der Waals surface area contributed by atoms with Crippen molar-refractivity contribution in [2.45, 2.75) is 6.54 Å². The van der Waals surface area contributed by atoms with Crippen molar-refractivity contribution in [2.24, 2.45) is 0 Å². The molecule has 0 aliphatic heterocycles. The van der Waals surface area contributed by atoms with Crippen LogP contribution in [0, 0.1) is 0 Å². The lowest BCUT2D eigenvalue weighted by Gasteiger charge is -2.22. The number of nitrogens with two attached hydrogens (primary N) is 1. The number of benzene rings is 2. The summed E-state index contributed by atoms with van der Waals surface area (Å²) < 4.78 is 1.10. The van der Waals surface area contributed by atoms with E-state index in [-0.39, 0.29) is 0 Å². The molecule has 0 radical (unpaired) electrons. The van der Waals surface area contributed by atoms with Crippen molar-refractivity contribution in [2.75, 3.05) is 17.7 Å². The summed E-state index contributed by atoms with van der Waals surface area (Å²) in [6.45, 7) is 0.842. The van der Waals surface area contributed by atoms with Gasteiger partial charge >= 0.3 is 0 Å². The maximum Gasteiger partial charge on any atom is 0.0448 e. The summed E-state index contributed by atoms with van der Waals surface area (Å²) in [4.78, 5) is 6.39. The highest BCUT2D eigenvalue weighted by atomic mass is 79.9. The second-order valence-electron chi connectivity index (χ2n) is 5.08. The van der Waals surface area contributed by atoms with Crippen LogP contribution in [0.5, 0.6) is 0 Å². The number of nitrogens with zero attached hydrogens (tertiary/aromatic N) is 2. The second kappa shape index (κ2) is 5.74. The predicted molar refractivity (Wildman–Crippen MR) is 92.4 cm³/mol. The largest absolute Gasteiger partial charge is 0.398 e. The first-order valence-corrected chi connectivity index (χ1v) is 7.52. The molecular weight excluding hydrogens is 326 g/mol. The summed E-state index contributed by atoms with van der Waals surface area (Å²) in [5, 5.41) is 2.13. The molecule has 1 aromatic heterocycles. The third-order valence-corrected chi connectivity index (χ3v) is 4.10. The average molecular weight is 342 g/mol. The van der Waals surface area contributed by atoms with E-state index in [0.717, 1.165) is 33.2 Å². The van der Waals surface area contributed by atoms with Crippen LogP contribution in [0.3, 0.4) is 0 Å². The van der Waals surface area contributed by atoms with E-state index in [1.54, 1.807) is 6.20 Å². The van der Waals surface area contributed by atoms with Gasteiger partial charge < -0.3 is 10.6 Å². The quantitative estimate of drug-likeness (QED) is 0.725. The third kappa shape index (κ3) is 2.85. The molecule has 0 fully saturated rings. The molecule has 0 saturated heterocycles. The van der Waals surface area contributed by atoms with Crippen LogP contribution in [-0.4, -0.2) is 12.0 Å². The van der Waals surface area contributed by atoms with Crippen molar-refractivity contribution < 1.29 is 0 Å². The van der Waals surface area contributed by atoms with Gasteiger partial charge in [0.25, 0.3) is 0 Å². The van der Waals surface area contributed by atoms with E-state index in [1.807, 2.05) is 18.3 Å². The summed E-state index contributed by atoms with van der Waals surface area (Å²) >= 11 is 3.46. The molecule has 4 heteroatoms. The second-order valence-corrected chi connectivity index (χ2v) is 5.99. The van der Waals surface area contributed by atoms with E-state index in [0.29, 0.717) is 0 Å². The van der Waals surface area contributed by atoms with Crippen LogP contribution >= 0.6 is 15.9 Å². The van der Waals surface area contributed by atoms with Crippen LogP contribution in [-0.2, 0) is 6.54 Å². The molecule has 3 aromatic rings. The first-order valence-electron chi connectivity index (χ1n) is 6.73. The molecule has 106 valence electrons. The van der Waals surface area contributed by atoms with Crippen LogP contribution in [0.1, 0.15) is 5.56 Å². The van der Waals surface area contributed by atoms with E-state index in [1.165, 1.54) is 5.56 Å². The first-order chi connectivity index (χ1) is 10.1. The Kier molecular flexibility index (Phi) is 3.80. The van der Waals surface area contributed by atoms with Crippen LogP contribution in [0.4, 0.5) is 11.4 Å². The Bertz CT molecular complexity index is 769. The van der Waals surface area contributed by atoms with Crippen LogP contribution in [0.25, 0.3) is 10.8 Å². The topological polar surface area (TPSA) is 42.1 Å². The fourth-order valence-electron chi connectivity index (χ4n) is 2.48. The third-order valence-electron chi connectivity index (χ3n) is 3.57. The van der Waals surface area contributed by atoms with Gasteiger partial charge in [-0.15, -0.1) is 0 Å². The summed E-state index contributed by atoms with van der Waals surface area (Å²) in [5.74, 6) is 0. The molecule has 1 heterocycles. The molecule has 0 atom stereocenters. The SMILES string of the molecule is CN(Cc1ccc(Br)cc1)c1ccc(N)c2cnccc12. The fraction of sp³-hybridized carbons (Fsp3) is 0.118. The van der Waals surface area contributed by atoms with Gasteiger partial charge in [-0.25, -0.2) is 0 Å². The smallest absolute Gasteiger partial charge is 0.0448 e. The van der Waals surface area contributed by atoms with Crippen molar-refractivity contribution >= 4 is 38.1 Å². The zero-order valence-electron chi connectivity index (χ0n) is 11.8. The van der Waals surface area contributed by atoms with Gasteiger partial charge in [0.1, 0.15) is 0 Å². The Labute approximate surface area is 132 Å². The molecular formula is C17H16BrN3. The molecule has 3 nitrogen and oxygen atoms in total. The summed E-state index contributed by atoms with van der Waals surface area (Å²) in [6, 6.07) is 14.4. The van der Waals surface area contributed by atoms with Crippen LogP contribution in [0.15, 0.2) is 59.3 Å². The summed E-state index contributed by atoms with van der Waals surface area (Å²) in [7, 11) is 2.09. The molecule has 2 aromatic carbocycles.